The second kappa shape index (κ2) is 8.74. The van der Waals surface area contributed by atoms with Crippen molar-refractivity contribution in [1.82, 2.24) is 0 Å². The zero-order valence-corrected chi connectivity index (χ0v) is 9.38. The fourth-order valence-corrected chi connectivity index (χ4v) is 1.50. The molecular formula is C12H21NO. The lowest BCUT2D eigenvalue weighted by Gasteiger charge is -2.05. The number of carbonyl (C=O) groups excluding carboxylic acids is 1. The summed E-state index contributed by atoms with van der Waals surface area (Å²) in [7, 11) is 0. The lowest BCUT2D eigenvalue weighted by atomic mass is 9.96. The van der Waals surface area contributed by atoms with Crippen LogP contribution in [0, 0.1) is 17.2 Å². The van der Waals surface area contributed by atoms with Gasteiger partial charge in [0.05, 0.1) is 6.07 Å². The SMILES string of the molecule is CCCCCCCC(C#N)C(=O)CC. The standard InChI is InChI=1S/C12H21NO/c1-3-5-6-7-8-9-11(10-13)12(14)4-2/h11H,3-9H2,1-2H3. The van der Waals surface area contributed by atoms with E-state index in [1.165, 1.54) is 19.3 Å². The molecule has 0 aromatic carbocycles. The van der Waals surface area contributed by atoms with E-state index < -0.39 is 0 Å². The topological polar surface area (TPSA) is 40.9 Å². The van der Waals surface area contributed by atoms with Crippen LogP contribution in [-0.4, -0.2) is 5.78 Å². The third-order valence-electron chi connectivity index (χ3n) is 2.49. The third kappa shape index (κ3) is 5.75. The van der Waals surface area contributed by atoms with Crippen LogP contribution in [0.5, 0.6) is 0 Å². The minimum absolute atomic E-state index is 0.1000. The molecule has 0 fully saturated rings. The van der Waals surface area contributed by atoms with Crippen molar-refractivity contribution in [2.75, 3.05) is 0 Å². The number of hydrogen-bond donors (Lipinski definition) is 0. The summed E-state index contributed by atoms with van der Waals surface area (Å²) >= 11 is 0. The van der Waals surface area contributed by atoms with Crippen molar-refractivity contribution in [3.8, 4) is 6.07 Å². The van der Waals surface area contributed by atoms with Crippen LogP contribution in [-0.2, 0) is 4.79 Å². The molecule has 0 aliphatic rings. The Hall–Kier alpha value is -0.840. The van der Waals surface area contributed by atoms with Crippen molar-refractivity contribution in [1.29, 1.82) is 5.26 Å². The number of rotatable bonds is 8. The summed E-state index contributed by atoms with van der Waals surface area (Å²) in [5, 5.41) is 8.76. The molecule has 0 aliphatic heterocycles. The largest absolute Gasteiger partial charge is 0.298 e. The second-order valence-corrected chi connectivity index (χ2v) is 3.70. The summed E-state index contributed by atoms with van der Waals surface area (Å²) in [6, 6.07) is 2.09. The van der Waals surface area contributed by atoms with Crippen LogP contribution in [0.1, 0.15) is 58.8 Å². The first-order valence-corrected chi connectivity index (χ1v) is 5.68. The molecule has 1 atom stereocenters. The lowest BCUT2D eigenvalue weighted by molar-refractivity contribution is -0.121. The number of nitriles is 1. The van der Waals surface area contributed by atoms with Crippen LogP contribution >= 0.6 is 0 Å². The van der Waals surface area contributed by atoms with Crippen molar-refractivity contribution in [3.63, 3.8) is 0 Å². The van der Waals surface area contributed by atoms with E-state index in [0.717, 1.165) is 19.3 Å². The van der Waals surface area contributed by atoms with Gasteiger partial charge in [-0.05, 0) is 6.42 Å². The molecule has 0 bridgehead atoms. The molecule has 0 aromatic heterocycles. The number of hydrogen-bond acceptors (Lipinski definition) is 2. The van der Waals surface area contributed by atoms with Crippen molar-refractivity contribution in [2.45, 2.75) is 58.8 Å². The van der Waals surface area contributed by atoms with Crippen molar-refractivity contribution in [3.05, 3.63) is 0 Å². The quantitative estimate of drug-likeness (QED) is 0.556. The number of unbranched alkanes of at least 4 members (excludes halogenated alkanes) is 4. The summed E-state index contributed by atoms with van der Waals surface area (Å²) in [5.74, 6) is -0.246. The Labute approximate surface area is 87.3 Å². The molecule has 0 saturated carbocycles. The highest BCUT2D eigenvalue weighted by atomic mass is 16.1. The summed E-state index contributed by atoms with van der Waals surface area (Å²) in [6.45, 7) is 4.00. The van der Waals surface area contributed by atoms with Crippen molar-refractivity contribution in [2.24, 2.45) is 5.92 Å². The Morgan fingerprint density at radius 1 is 1.21 bits per heavy atom. The summed E-state index contributed by atoms with van der Waals surface area (Å²) in [4.78, 5) is 11.2. The fraction of sp³-hybridized carbons (Fsp3) is 0.833. The second-order valence-electron chi connectivity index (χ2n) is 3.70. The fourth-order valence-electron chi connectivity index (χ4n) is 1.50. The maximum absolute atomic E-state index is 11.2. The molecule has 0 rings (SSSR count). The smallest absolute Gasteiger partial charge is 0.149 e. The molecule has 0 aliphatic carbocycles. The Morgan fingerprint density at radius 2 is 1.86 bits per heavy atom. The van der Waals surface area contributed by atoms with E-state index in [4.69, 9.17) is 5.26 Å². The lowest BCUT2D eigenvalue weighted by Crippen LogP contribution is -2.10. The molecule has 2 heteroatoms. The minimum Gasteiger partial charge on any atom is -0.298 e. The number of nitrogens with zero attached hydrogens (tertiary/aromatic N) is 1. The molecule has 0 spiro atoms. The molecule has 80 valence electrons. The Morgan fingerprint density at radius 3 is 2.36 bits per heavy atom. The van der Waals surface area contributed by atoms with Crippen LogP contribution in [0.2, 0.25) is 0 Å². The average molecular weight is 195 g/mol. The van der Waals surface area contributed by atoms with Gasteiger partial charge < -0.3 is 0 Å². The van der Waals surface area contributed by atoms with Gasteiger partial charge in [-0.3, -0.25) is 4.79 Å². The zero-order valence-electron chi connectivity index (χ0n) is 9.38. The van der Waals surface area contributed by atoms with Gasteiger partial charge >= 0.3 is 0 Å². The van der Waals surface area contributed by atoms with E-state index in [0.29, 0.717) is 6.42 Å². The molecule has 0 N–H and O–H groups in total. The highest BCUT2D eigenvalue weighted by molar-refractivity contribution is 5.82. The highest BCUT2D eigenvalue weighted by Gasteiger charge is 2.14. The van der Waals surface area contributed by atoms with Crippen LogP contribution in [0.15, 0.2) is 0 Å². The number of carbonyl (C=O) groups is 1. The van der Waals surface area contributed by atoms with Crippen LogP contribution in [0.25, 0.3) is 0 Å². The summed E-state index contributed by atoms with van der Waals surface area (Å²) in [5.41, 5.74) is 0. The summed E-state index contributed by atoms with van der Waals surface area (Å²) < 4.78 is 0. The Kier molecular flexibility index (Phi) is 8.22. The molecule has 1 unspecified atom stereocenters. The first kappa shape index (κ1) is 13.2. The van der Waals surface area contributed by atoms with E-state index in [1.54, 1.807) is 0 Å². The van der Waals surface area contributed by atoms with E-state index in [1.807, 2.05) is 6.92 Å². The van der Waals surface area contributed by atoms with Crippen molar-refractivity contribution >= 4 is 5.78 Å². The monoisotopic (exact) mass is 195 g/mol. The van der Waals surface area contributed by atoms with Gasteiger partial charge in [0.25, 0.3) is 0 Å². The molecule has 0 aromatic rings. The Balaban J connectivity index is 3.54. The van der Waals surface area contributed by atoms with Gasteiger partial charge in [0, 0.05) is 6.42 Å². The van der Waals surface area contributed by atoms with Crippen LogP contribution < -0.4 is 0 Å². The highest BCUT2D eigenvalue weighted by Crippen LogP contribution is 2.13. The minimum atomic E-state index is -0.346. The van der Waals surface area contributed by atoms with E-state index in [9.17, 15) is 4.79 Å². The van der Waals surface area contributed by atoms with Gasteiger partial charge in [-0.15, -0.1) is 0 Å². The number of ketones is 1. The molecule has 14 heavy (non-hydrogen) atoms. The first-order chi connectivity index (χ1) is 6.76. The molecule has 0 saturated heterocycles. The normalized spacial score (nSPS) is 12.1. The van der Waals surface area contributed by atoms with Crippen molar-refractivity contribution < 1.29 is 4.79 Å². The molecule has 2 nitrogen and oxygen atoms in total. The van der Waals surface area contributed by atoms with Gasteiger partial charge in [-0.25, -0.2) is 0 Å². The molecule has 0 heterocycles. The molecule has 0 amide bonds. The third-order valence-corrected chi connectivity index (χ3v) is 2.49. The maximum atomic E-state index is 11.2. The number of Topliss-reactive ketones (excluding diaryl/α,β-unsaturated/α-hetero) is 1. The predicted molar refractivity (Wildman–Crippen MR) is 57.8 cm³/mol. The maximum Gasteiger partial charge on any atom is 0.149 e. The zero-order chi connectivity index (χ0) is 10.8. The van der Waals surface area contributed by atoms with Gasteiger partial charge in [0.15, 0.2) is 0 Å². The van der Waals surface area contributed by atoms with Gasteiger partial charge in [0.2, 0.25) is 0 Å². The van der Waals surface area contributed by atoms with E-state index >= 15 is 0 Å². The summed E-state index contributed by atoms with van der Waals surface area (Å²) in [6.07, 6.45) is 7.15. The Bertz CT molecular complexity index is 193. The van der Waals surface area contributed by atoms with Gasteiger partial charge in [-0.2, -0.15) is 5.26 Å². The van der Waals surface area contributed by atoms with Crippen LogP contribution in [0.3, 0.4) is 0 Å². The van der Waals surface area contributed by atoms with Gasteiger partial charge in [-0.1, -0.05) is 46.0 Å². The first-order valence-electron chi connectivity index (χ1n) is 5.68. The van der Waals surface area contributed by atoms with Gasteiger partial charge in [0.1, 0.15) is 11.7 Å². The molecular weight excluding hydrogens is 174 g/mol. The van der Waals surface area contributed by atoms with E-state index in [2.05, 4.69) is 13.0 Å². The molecule has 0 radical (unpaired) electrons. The average Bonchev–Trinajstić information content (AvgIpc) is 2.22. The van der Waals surface area contributed by atoms with Crippen LogP contribution in [0.4, 0.5) is 0 Å². The predicted octanol–water partition coefficient (Wildman–Crippen LogP) is 3.47. The van der Waals surface area contributed by atoms with E-state index in [-0.39, 0.29) is 11.7 Å².